The van der Waals surface area contributed by atoms with Crippen LogP contribution in [0.5, 0.6) is 5.75 Å². The van der Waals surface area contributed by atoms with Crippen LogP contribution in [-0.2, 0) is 16.1 Å². The van der Waals surface area contributed by atoms with Gasteiger partial charge >= 0.3 is 5.97 Å². The van der Waals surface area contributed by atoms with Gasteiger partial charge in [-0.25, -0.2) is 0 Å². The molecule has 21 heavy (non-hydrogen) atoms. The molecule has 0 atom stereocenters. The first-order valence-electron chi connectivity index (χ1n) is 7.45. The number of hydrogen-bond donors (Lipinski definition) is 0. The van der Waals surface area contributed by atoms with E-state index in [1.165, 1.54) is 5.56 Å². The third-order valence-corrected chi connectivity index (χ3v) is 3.71. The van der Waals surface area contributed by atoms with Gasteiger partial charge in [0.2, 0.25) is 0 Å². The monoisotopic (exact) mass is 292 g/mol. The van der Waals surface area contributed by atoms with E-state index in [4.69, 9.17) is 9.47 Å². The van der Waals surface area contributed by atoms with E-state index in [2.05, 4.69) is 15.9 Å². The maximum absolute atomic E-state index is 11.5. The minimum atomic E-state index is -0.129. The smallest absolute Gasteiger partial charge is 0.320 e. The van der Waals surface area contributed by atoms with Crippen LogP contribution in [0, 0.1) is 0 Å². The van der Waals surface area contributed by atoms with Crippen LogP contribution >= 0.6 is 0 Å². The highest BCUT2D eigenvalue weighted by molar-refractivity contribution is 5.71. The van der Waals surface area contributed by atoms with E-state index >= 15 is 0 Å². The lowest BCUT2D eigenvalue weighted by molar-refractivity contribution is -0.144. The van der Waals surface area contributed by atoms with Gasteiger partial charge in [0.15, 0.2) is 0 Å². The Balaban J connectivity index is 1.80. The number of esters is 1. The Morgan fingerprint density at radius 2 is 1.81 bits per heavy atom. The summed E-state index contributed by atoms with van der Waals surface area (Å²) in [4.78, 5) is 16.0. The van der Waals surface area contributed by atoms with Gasteiger partial charge in [0, 0.05) is 38.3 Å². The second kappa shape index (κ2) is 8.00. The molecule has 1 aromatic carbocycles. The standard InChI is InChI=1S/C16H24N2O3/c1-3-21-16(19)13-18-10-8-17(9-11-18)12-14-6-4-5-7-15(14)20-2/h4-7H,3,8-13H2,1-2H3. The van der Waals surface area contributed by atoms with E-state index in [1.807, 2.05) is 25.1 Å². The van der Waals surface area contributed by atoms with E-state index < -0.39 is 0 Å². The molecule has 2 rings (SSSR count). The first-order chi connectivity index (χ1) is 10.2. The molecule has 0 saturated carbocycles. The summed E-state index contributed by atoms with van der Waals surface area (Å²) in [6.45, 7) is 7.28. The van der Waals surface area contributed by atoms with Gasteiger partial charge in [-0.15, -0.1) is 0 Å². The fraction of sp³-hybridized carbons (Fsp3) is 0.562. The molecule has 0 N–H and O–H groups in total. The lowest BCUT2D eigenvalue weighted by atomic mass is 10.1. The van der Waals surface area contributed by atoms with Gasteiger partial charge in [0.25, 0.3) is 0 Å². The predicted octanol–water partition coefficient (Wildman–Crippen LogP) is 1.38. The van der Waals surface area contributed by atoms with Crippen LogP contribution in [0.15, 0.2) is 24.3 Å². The largest absolute Gasteiger partial charge is 0.496 e. The minimum absolute atomic E-state index is 0.129. The van der Waals surface area contributed by atoms with E-state index in [-0.39, 0.29) is 5.97 Å². The molecule has 0 radical (unpaired) electrons. The fourth-order valence-corrected chi connectivity index (χ4v) is 2.57. The summed E-state index contributed by atoms with van der Waals surface area (Å²) in [5, 5.41) is 0. The van der Waals surface area contributed by atoms with Crippen molar-refractivity contribution in [3.63, 3.8) is 0 Å². The van der Waals surface area contributed by atoms with Crippen LogP contribution in [0.3, 0.4) is 0 Å². The highest BCUT2D eigenvalue weighted by Gasteiger charge is 2.20. The van der Waals surface area contributed by atoms with Gasteiger partial charge in [-0.05, 0) is 13.0 Å². The second-order valence-corrected chi connectivity index (χ2v) is 5.17. The minimum Gasteiger partial charge on any atom is -0.496 e. The van der Waals surface area contributed by atoms with Gasteiger partial charge in [-0.2, -0.15) is 0 Å². The van der Waals surface area contributed by atoms with Crippen LogP contribution in [0.4, 0.5) is 0 Å². The van der Waals surface area contributed by atoms with Crippen LogP contribution in [-0.4, -0.2) is 62.2 Å². The van der Waals surface area contributed by atoms with Gasteiger partial charge in [0.1, 0.15) is 5.75 Å². The third-order valence-electron chi connectivity index (χ3n) is 3.71. The van der Waals surface area contributed by atoms with Crippen LogP contribution in [0.1, 0.15) is 12.5 Å². The zero-order chi connectivity index (χ0) is 15.1. The third kappa shape index (κ3) is 4.72. The molecular weight excluding hydrogens is 268 g/mol. The summed E-state index contributed by atoms with van der Waals surface area (Å²) in [5.74, 6) is 0.808. The van der Waals surface area contributed by atoms with Crippen molar-refractivity contribution in [2.75, 3.05) is 46.4 Å². The van der Waals surface area contributed by atoms with Gasteiger partial charge < -0.3 is 9.47 Å². The zero-order valence-corrected chi connectivity index (χ0v) is 12.9. The number of rotatable bonds is 6. The van der Waals surface area contributed by atoms with Crippen molar-refractivity contribution in [3.05, 3.63) is 29.8 Å². The molecule has 1 aliphatic heterocycles. The number of carbonyl (C=O) groups excluding carboxylic acids is 1. The summed E-state index contributed by atoms with van der Waals surface area (Å²) in [6, 6.07) is 8.12. The molecule has 0 unspecified atom stereocenters. The Kier molecular flexibility index (Phi) is 6.02. The van der Waals surface area contributed by atoms with Crippen LogP contribution < -0.4 is 4.74 Å². The van der Waals surface area contributed by atoms with Gasteiger partial charge in [-0.1, -0.05) is 18.2 Å². The molecule has 5 nitrogen and oxygen atoms in total. The Hall–Kier alpha value is -1.59. The molecule has 0 aliphatic carbocycles. The van der Waals surface area contributed by atoms with E-state index in [0.717, 1.165) is 38.5 Å². The highest BCUT2D eigenvalue weighted by Crippen LogP contribution is 2.19. The van der Waals surface area contributed by atoms with Crippen molar-refractivity contribution in [1.29, 1.82) is 0 Å². The molecule has 1 saturated heterocycles. The molecule has 1 fully saturated rings. The number of benzene rings is 1. The molecule has 5 heteroatoms. The highest BCUT2D eigenvalue weighted by atomic mass is 16.5. The van der Waals surface area contributed by atoms with Crippen LogP contribution in [0.25, 0.3) is 0 Å². The van der Waals surface area contributed by atoms with E-state index in [9.17, 15) is 4.79 Å². The summed E-state index contributed by atoms with van der Waals surface area (Å²) in [6.07, 6.45) is 0. The van der Waals surface area contributed by atoms with E-state index in [1.54, 1.807) is 7.11 Å². The van der Waals surface area contributed by atoms with E-state index in [0.29, 0.717) is 13.2 Å². The van der Waals surface area contributed by atoms with Crippen molar-refractivity contribution in [2.24, 2.45) is 0 Å². The molecular formula is C16H24N2O3. The molecule has 0 amide bonds. The first-order valence-corrected chi connectivity index (χ1v) is 7.45. The summed E-state index contributed by atoms with van der Waals surface area (Å²) in [7, 11) is 1.70. The molecule has 116 valence electrons. The van der Waals surface area contributed by atoms with Crippen molar-refractivity contribution in [1.82, 2.24) is 9.80 Å². The molecule has 0 bridgehead atoms. The predicted molar refractivity (Wildman–Crippen MR) is 81.3 cm³/mol. The topological polar surface area (TPSA) is 42.0 Å². The lowest BCUT2D eigenvalue weighted by Crippen LogP contribution is -2.47. The molecule has 1 aliphatic rings. The quantitative estimate of drug-likeness (QED) is 0.741. The second-order valence-electron chi connectivity index (χ2n) is 5.17. The maximum Gasteiger partial charge on any atom is 0.320 e. The summed E-state index contributed by atoms with van der Waals surface area (Å²) < 4.78 is 10.4. The number of hydrogen-bond acceptors (Lipinski definition) is 5. The summed E-state index contributed by atoms with van der Waals surface area (Å²) in [5.41, 5.74) is 1.21. The Morgan fingerprint density at radius 3 is 2.48 bits per heavy atom. The zero-order valence-electron chi connectivity index (χ0n) is 12.9. The van der Waals surface area contributed by atoms with Crippen molar-refractivity contribution in [3.8, 4) is 5.75 Å². The molecule has 1 heterocycles. The Labute approximate surface area is 126 Å². The molecule has 1 aromatic rings. The van der Waals surface area contributed by atoms with Crippen molar-refractivity contribution in [2.45, 2.75) is 13.5 Å². The molecule has 0 spiro atoms. The average molecular weight is 292 g/mol. The average Bonchev–Trinajstić information content (AvgIpc) is 2.50. The van der Waals surface area contributed by atoms with Gasteiger partial charge in [0.05, 0.1) is 20.3 Å². The summed E-state index contributed by atoms with van der Waals surface area (Å²) >= 11 is 0. The number of ether oxygens (including phenoxy) is 2. The number of piperazine rings is 1. The SMILES string of the molecule is CCOC(=O)CN1CCN(Cc2ccccc2OC)CC1. The number of nitrogens with zero attached hydrogens (tertiary/aromatic N) is 2. The number of para-hydroxylation sites is 1. The molecule has 0 aromatic heterocycles. The Bertz CT molecular complexity index is 457. The van der Waals surface area contributed by atoms with Crippen LogP contribution in [0.2, 0.25) is 0 Å². The first kappa shape index (κ1) is 15.8. The Morgan fingerprint density at radius 1 is 1.14 bits per heavy atom. The fourth-order valence-electron chi connectivity index (χ4n) is 2.57. The van der Waals surface area contributed by atoms with Crippen molar-refractivity contribution >= 4 is 5.97 Å². The number of methoxy groups -OCH3 is 1. The van der Waals surface area contributed by atoms with Crippen molar-refractivity contribution < 1.29 is 14.3 Å². The van der Waals surface area contributed by atoms with Gasteiger partial charge in [-0.3, -0.25) is 14.6 Å². The number of carbonyl (C=O) groups is 1. The lowest BCUT2D eigenvalue weighted by Gasteiger charge is -2.34. The maximum atomic E-state index is 11.5. The normalized spacial score (nSPS) is 16.7.